The van der Waals surface area contributed by atoms with E-state index in [0.717, 1.165) is 31.4 Å². The van der Waals surface area contributed by atoms with Crippen LogP contribution in [-0.2, 0) is 30.2 Å². The summed E-state index contributed by atoms with van der Waals surface area (Å²) in [7, 11) is -1.93. The molecule has 2 aliphatic heterocycles. The molecule has 1 fully saturated rings. The van der Waals surface area contributed by atoms with Crippen molar-refractivity contribution < 1.29 is 13.2 Å². The average molecular weight is 509 g/mol. The van der Waals surface area contributed by atoms with Crippen LogP contribution in [0.5, 0.6) is 0 Å². The molecule has 0 spiro atoms. The average Bonchev–Trinajstić information content (AvgIpc) is 3.28. The number of hydrogen-bond acceptors (Lipinski definition) is 7. The molecule has 36 heavy (non-hydrogen) atoms. The number of imidazole rings is 1. The monoisotopic (exact) mass is 508 g/mol. The van der Waals surface area contributed by atoms with E-state index in [-0.39, 0.29) is 16.8 Å². The largest absolute Gasteiger partial charge is 0.337 e. The van der Waals surface area contributed by atoms with E-state index in [4.69, 9.17) is 4.99 Å². The van der Waals surface area contributed by atoms with Crippen LogP contribution in [0.25, 0.3) is 0 Å². The third kappa shape index (κ3) is 4.09. The van der Waals surface area contributed by atoms with Gasteiger partial charge in [-0.25, -0.2) is 18.1 Å². The molecule has 0 radical (unpaired) electrons. The van der Waals surface area contributed by atoms with Crippen LogP contribution in [0.15, 0.2) is 59.2 Å². The zero-order chi connectivity index (χ0) is 25.1. The van der Waals surface area contributed by atoms with Crippen LogP contribution in [0, 0.1) is 0 Å². The second kappa shape index (κ2) is 8.27. The predicted octanol–water partition coefficient (Wildman–Crippen LogP) is 1.74. The van der Waals surface area contributed by atoms with Crippen LogP contribution in [0.3, 0.4) is 0 Å². The highest BCUT2D eigenvalue weighted by Crippen LogP contribution is 2.38. The van der Waals surface area contributed by atoms with Crippen LogP contribution < -0.4 is 9.62 Å². The number of benzene rings is 1. The minimum absolute atomic E-state index is 0.0246. The van der Waals surface area contributed by atoms with Crippen molar-refractivity contribution in [2.24, 2.45) is 12.0 Å². The van der Waals surface area contributed by atoms with Crippen LogP contribution in [0.4, 0.5) is 5.69 Å². The summed E-state index contributed by atoms with van der Waals surface area (Å²) in [4.78, 5) is 26.4. The minimum Gasteiger partial charge on any atom is -0.337 e. The molecule has 1 N–H and O–H groups in total. The van der Waals surface area contributed by atoms with Crippen molar-refractivity contribution in [2.45, 2.75) is 55.8 Å². The van der Waals surface area contributed by atoms with Crippen LogP contribution in [-0.4, -0.2) is 62.6 Å². The number of carbonyl (C=O) groups is 1. The van der Waals surface area contributed by atoms with E-state index in [1.165, 1.54) is 6.07 Å². The van der Waals surface area contributed by atoms with Crippen molar-refractivity contribution in [3.05, 3.63) is 60.4 Å². The molecule has 3 aromatic rings. The van der Waals surface area contributed by atoms with Crippen molar-refractivity contribution in [2.75, 3.05) is 11.4 Å². The predicted molar refractivity (Wildman–Crippen MR) is 133 cm³/mol. The van der Waals surface area contributed by atoms with E-state index in [9.17, 15) is 13.2 Å². The number of nitrogens with one attached hydrogen (secondary N) is 1. The summed E-state index contributed by atoms with van der Waals surface area (Å²) < 4.78 is 32.7. The Morgan fingerprint density at radius 3 is 2.78 bits per heavy atom. The van der Waals surface area contributed by atoms with Gasteiger partial charge in [-0.1, -0.05) is 0 Å². The highest BCUT2D eigenvalue weighted by Gasteiger charge is 2.44. The van der Waals surface area contributed by atoms with Gasteiger partial charge >= 0.3 is 0 Å². The quantitative estimate of drug-likeness (QED) is 0.495. The lowest BCUT2D eigenvalue weighted by Crippen LogP contribution is -2.52. The summed E-state index contributed by atoms with van der Waals surface area (Å²) in [6.45, 7) is 3.48. The summed E-state index contributed by atoms with van der Waals surface area (Å²) in [5.41, 5.74) is 1.51. The Labute approximate surface area is 209 Å². The van der Waals surface area contributed by atoms with Crippen molar-refractivity contribution in [3.8, 4) is 0 Å². The number of guanidine groups is 1. The fourth-order valence-electron chi connectivity index (χ4n) is 4.82. The Balaban J connectivity index is 1.37. The smallest absolute Gasteiger partial charge is 0.263 e. The molecule has 4 heterocycles. The van der Waals surface area contributed by atoms with Crippen molar-refractivity contribution in [1.82, 2.24) is 29.0 Å². The lowest BCUT2D eigenvalue weighted by atomic mass is 10.0. The minimum atomic E-state index is -3.75. The SMILES string of the molecule is Cn1cc(CN2C(=O)c3cc(S(=O)(=O)NC4(C)CC4)ccc3N3C2=NC[C@H]3CCn2ccnc2)cn1. The summed E-state index contributed by atoms with van der Waals surface area (Å²) in [5.74, 6) is 0.319. The number of hydrogen-bond donors (Lipinski definition) is 1. The Kier molecular flexibility index (Phi) is 5.27. The van der Waals surface area contributed by atoms with Gasteiger partial charge in [0.05, 0.1) is 47.8 Å². The summed E-state index contributed by atoms with van der Waals surface area (Å²) >= 11 is 0. The number of aliphatic imine (C=N–C) groups is 1. The van der Waals surface area contributed by atoms with Gasteiger partial charge in [0.15, 0.2) is 0 Å². The van der Waals surface area contributed by atoms with E-state index in [1.807, 2.05) is 30.9 Å². The van der Waals surface area contributed by atoms with Gasteiger partial charge < -0.3 is 9.47 Å². The molecule has 3 aliphatic rings. The number of fused-ring (bicyclic) bond motifs is 3. The van der Waals surface area contributed by atoms with E-state index in [1.54, 1.807) is 40.4 Å². The number of carbonyl (C=O) groups excluding carboxylic acids is 1. The highest BCUT2D eigenvalue weighted by atomic mass is 32.2. The number of sulfonamides is 1. The number of nitrogens with zero attached hydrogens (tertiary/aromatic N) is 7. The molecule has 2 aromatic heterocycles. The van der Waals surface area contributed by atoms with Crippen LogP contribution >= 0.6 is 0 Å². The van der Waals surface area contributed by atoms with E-state index in [0.29, 0.717) is 30.3 Å². The van der Waals surface area contributed by atoms with Gasteiger partial charge in [0.1, 0.15) is 0 Å². The molecule has 0 saturated heterocycles. The normalized spacial score (nSPS) is 20.3. The van der Waals surface area contributed by atoms with Gasteiger partial charge in [-0.15, -0.1) is 0 Å². The van der Waals surface area contributed by atoms with E-state index >= 15 is 0 Å². The first-order chi connectivity index (χ1) is 17.2. The van der Waals surface area contributed by atoms with Gasteiger partial charge in [0.2, 0.25) is 16.0 Å². The third-order valence-electron chi connectivity index (χ3n) is 7.04. The molecule has 6 rings (SSSR count). The first-order valence-corrected chi connectivity index (χ1v) is 13.5. The fourth-order valence-corrected chi connectivity index (χ4v) is 6.31. The molecule has 188 valence electrons. The third-order valence-corrected chi connectivity index (χ3v) is 8.67. The molecule has 1 saturated carbocycles. The molecular formula is C24H28N8O3S. The molecule has 1 aliphatic carbocycles. The zero-order valence-electron chi connectivity index (χ0n) is 20.2. The lowest BCUT2D eigenvalue weighted by Gasteiger charge is -2.39. The van der Waals surface area contributed by atoms with Gasteiger partial charge in [-0.05, 0) is 44.4 Å². The van der Waals surface area contributed by atoms with Crippen molar-refractivity contribution >= 4 is 27.6 Å². The molecule has 1 aromatic carbocycles. The number of anilines is 1. The zero-order valence-corrected chi connectivity index (χ0v) is 21.0. The number of rotatable bonds is 8. The molecule has 1 atom stereocenters. The summed E-state index contributed by atoms with van der Waals surface area (Å²) in [5, 5.41) is 4.23. The number of amides is 1. The maximum absolute atomic E-state index is 13.8. The second-order valence-corrected chi connectivity index (χ2v) is 11.7. The first-order valence-electron chi connectivity index (χ1n) is 12.0. The molecule has 0 bridgehead atoms. The van der Waals surface area contributed by atoms with Crippen LogP contribution in [0.2, 0.25) is 0 Å². The number of aryl methyl sites for hydroxylation is 2. The van der Waals surface area contributed by atoms with E-state index in [2.05, 4.69) is 19.7 Å². The summed E-state index contributed by atoms with van der Waals surface area (Å²) in [6.07, 6.45) is 11.4. The Bertz CT molecular complexity index is 1460. The fraction of sp³-hybridized carbons (Fsp3) is 0.417. The molecule has 1 amide bonds. The summed E-state index contributed by atoms with van der Waals surface area (Å²) in [6, 6.07) is 4.85. The Morgan fingerprint density at radius 1 is 1.25 bits per heavy atom. The topological polar surface area (TPSA) is 118 Å². The van der Waals surface area contributed by atoms with E-state index < -0.39 is 15.6 Å². The van der Waals surface area contributed by atoms with Crippen LogP contribution in [0.1, 0.15) is 42.1 Å². The number of aromatic nitrogens is 4. The molecule has 12 heteroatoms. The molecule has 11 nitrogen and oxygen atoms in total. The van der Waals surface area contributed by atoms with Crippen molar-refractivity contribution in [3.63, 3.8) is 0 Å². The maximum atomic E-state index is 13.8. The van der Waals surface area contributed by atoms with Gasteiger partial charge in [0.25, 0.3) is 5.91 Å². The maximum Gasteiger partial charge on any atom is 0.263 e. The molecule has 0 unspecified atom stereocenters. The van der Waals surface area contributed by atoms with Gasteiger partial charge in [-0.2, -0.15) is 5.10 Å². The standard InChI is InChI=1S/C24H28N8O3S/c1-24(6-7-24)28-36(34,35)19-3-4-21-20(11-19)22(33)31(15-17-12-27-29(2)14-17)23-26-13-18(32(21)23)5-9-30-10-8-25-16-30/h3-4,8,10-12,14,16,18,28H,5-7,9,13,15H2,1-2H3/t18-/m1/s1. The lowest BCUT2D eigenvalue weighted by molar-refractivity contribution is 0.0832. The van der Waals surface area contributed by atoms with Gasteiger partial charge in [0, 0.05) is 43.3 Å². The van der Waals surface area contributed by atoms with Crippen molar-refractivity contribution in [1.29, 1.82) is 0 Å². The van der Waals surface area contributed by atoms with Gasteiger partial charge in [-0.3, -0.25) is 19.4 Å². The Morgan fingerprint density at radius 2 is 2.08 bits per heavy atom. The highest BCUT2D eigenvalue weighted by molar-refractivity contribution is 7.89. The molecular weight excluding hydrogens is 480 g/mol. The second-order valence-electron chi connectivity index (χ2n) is 10.0. The first kappa shape index (κ1) is 22.9. The Hall–Kier alpha value is -3.51.